The molecule has 2 fully saturated rings. The molecule has 0 radical (unpaired) electrons. The highest BCUT2D eigenvalue weighted by molar-refractivity contribution is 5.83. The van der Waals surface area contributed by atoms with E-state index in [0.717, 1.165) is 5.56 Å². The number of carbonyl (C=O) groups excluding carboxylic acids is 2. The van der Waals surface area contributed by atoms with Crippen LogP contribution >= 0.6 is 0 Å². The predicted octanol–water partition coefficient (Wildman–Crippen LogP) is 1.54. The zero-order valence-corrected chi connectivity index (χ0v) is 14.5. The minimum atomic E-state index is -0.429. The van der Waals surface area contributed by atoms with Gasteiger partial charge < -0.3 is 14.2 Å². The van der Waals surface area contributed by atoms with Crippen molar-refractivity contribution in [3.05, 3.63) is 47.6 Å². The number of aryl methyl sites for hydroxylation is 1. The second-order valence-corrected chi connectivity index (χ2v) is 6.64. The van der Waals surface area contributed by atoms with Crippen LogP contribution in [0.15, 0.2) is 34.9 Å². The van der Waals surface area contributed by atoms with Crippen LogP contribution in [0.2, 0.25) is 0 Å². The smallest absolute Gasteiger partial charge is 0.410 e. The Hall–Kier alpha value is -2.90. The molecule has 0 unspecified atom stereocenters. The number of hydrogen-bond donors (Lipinski definition) is 0. The molecule has 26 heavy (non-hydrogen) atoms. The van der Waals surface area contributed by atoms with Crippen molar-refractivity contribution in [2.24, 2.45) is 0 Å². The van der Waals surface area contributed by atoms with Crippen molar-refractivity contribution >= 4 is 12.0 Å². The summed E-state index contributed by atoms with van der Waals surface area (Å²) in [5.41, 5.74) is 1.13. The molecule has 3 heterocycles. The second-order valence-electron chi connectivity index (χ2n) is 6.64. The summed E-state index contributed by atoms with van der Waals surface area (Å²) < 4.78 is 10.3. The van der Waals surface area contributed by atoms with Gasteiger partial charge in [-0.1, -0.05) is 35.5 Å². The number of aromatic nitrogens is 2. The van der Waals surface area contributed by atoms with Gasteiger partial charge in [0, 0.05) is 19.0 Å². The van der Waals surface area contributed by atoms with Gasteiger partial charge in [0.2, 0.25) is 11.8 Å². The van der Waals surface area contributed by atoms with Crippen molar-refractivity contribution < 1.29 is 18.8 Å². The third kappa shape index (κ3) is 3.14. The van der Waals surface area contributed by atoms with Crippen LogP contribution in [0, 0.1) is 6.92 Å². The normalized spacial score (nSPS) is 22.7. The summed E-state index contributed by atoms with van der Waals surface area (Å²) in [6.07, 6.45) is -0.429. The number of cyclic esters (lactones) is 1. The molecule has 1 aromatic heterocycles. The Bertz CT molecular complexity index is 807. The number of benzene rings is 1. The molecular weight excluding hydrogens is 336 g/mol. The lowest BCUT2D eigenvalue weighted by molar-refractivity contribution is -0.130. The van der Waals surface area contributed by atoms with E-state index in [0.29, 0.717) is 38.0 Å². The molecule has 2 aliphatic rings. The van der Waals surface area contributed by atoms with E-state index in [1.54, 1.807) is 11.8 Å². The van der Waals surface area contributed by atoms with Crippen molar-refractivity contribution in [2.75, 3.05) is 32.8 Å². The Morgan fingerprint density at radius 3 is 2.65 bits per heavy atom. The lowest BCUT2D eigenvalue weighted by Gasteiger charge is -2.19. The zero-order valence-electron chi connectivity index (χ0n) is 14.5. The van der Waals surface area contributed by atoms with Gasteiger partial charge in [0.25, 0.3) is 0 Å². The van der Waals surface area contributed by atoms with Crippen molar-refractivity contribution in [3.63, 3.8) is 0 Å². The lowest BCUT2D eigenvalue weighted by Crippen LogP contribution is -2.39. The number of carbonyl (C=O) groups is 2. The minimum absolute atomic E-state index is 0.0376. The van der Waals surface area contributed by atoms with Crippen LogP contribution in [0.25, 0.3) is 0 Å². The Morgan fingerprint density at radius 2 is 2.00 bits per heavy atom. The first-order valence-electron chi connectivity index (χ1n) is 8.66. The molecule has 0 bridgehead atoms. The highest BCUT2D eigenvalue weighted by Gasteiger charge is 2.40. The summed E-state index contributed by atoms with van der Waals surface area (Å²) in [7, 11) is 0. The molecular formula is C18H20N4O4. The van der Waals surface area contributed by atoms with E-state index in [-0.39, 0.29) is 24.3 Å². The van der Waals surface area contributed by atoms with Crippen LogP contribution in [-0.4, -0.2) is 64.7 Å². The molecule has 2 atom stereocenters. The van der Waals surface area contributed by atoms with Gasteiger partial charge in [-0.25, -0.2) is 4.79 Å². The molecule has 8 nitrogen and oxygen atoms in total. The topological polar surface area (TPSA) is 88.8 Å². The maximum Gasteiger partial charge on any atom is 0.410 e. The molecule has 1 aromatic carbocycles. The van der Waals surface area contributed by atoms with Gasteiger partial charge >= 0.3 is 6.09 Å². The summed E-state index contributed by atoms with van der Waals surface area (Å²) >= 11 is 0. The third-order valence-corrected chi connectivity index (χ3v) is 4.93. The number of ether oxygens (including phenoxy) is 1. The highest BCUT2D eigenvalue weighted by atomic mass is 16.6. The number of hydrogen-bond acceptors (Lipinski definition) is 6. The summed E-state index contributed by atoms with van der Waals surface area (Å²) in [6.45, 7) is 3.65. The monoisotopic (exact) mass is 356 g/mol. The van der Waals surface area contributed by atoms with Crippen molar-refractivity contribution in [1.82, 2.24) is 19.9 Å². The first-order chi connectivity index (χ1) is 12.6. The van der Waals surface area contributed by atoms with Gasteiger partial charge in [0.05, 0.1) is 12.5 Å². The second kappa shape index (κ2) is 6.78. The highest BCUT2D eigenvalue weighted by Crippen LogP contribution is 2.39. The number of amides is 2. The minimum Gasteiger partial charge on any atom is -0.448 e. The van der Waals surface area contributed by atoms with E-state index in [4.69, 9.17) is 9.26 Å². The van der Waals surface area contributed by atoms with Gasteiger partial charge in [-0.3, -0.25) is 9.69 Å². The summed E-state index contributed by atoms with van der Waals surface area (Å²) in [4.78, 5) is 31.9. The van der Waals surface area contributed by atoms with E-state index in [1.807, 2.05) is 30.3 Å². The standard InChI is InChI=1S/C18H20N4O4/c1-12-19-17(26-20-12)15-10-22(9-14(15)13-5-3-2-4-6-13)16(23)11-21-7-8-25-18(21)24/h2-6,14-15H,7-11H2,1H3/t14-,15-/m0/s1. The van der Waals surface area contributed by atoms with E-state index in [1.165, 1.54) is 4.90 Å². The van der Waals surface area contributed by atoms with Crippen LogP contribution in [0.1, 0.15) is 29.1 Å². The Labute approximate surface area is 150 Å². The molecule has 136 valence electrons. The molecule has 2 amide bonds. The molecule has 0 spiro atoms. The van der Waals surface area contributed by atoms with Gasteiger partial charge in [-0.05, 0) is 12.5 Å². The lowest BCUT2D eigenvalue weighted by atomic mass is 9.89. The fourth-order valence-electron chi connectivity index (χ4n) is 3.59. The van der Waals surface area contributed by atoms with Crippen LogP contribution in [-0.2, 0) is 9.53 Å². The SMILES string of the molecule is Cc1noc([C@H]2CN(C(=O)CN3CCOC3=O)C[C@H]2c2ccccc2)n1. The average Bonchev–Trinajstić information content (AvgIpc) is 3.36. The Kier molecular flexibility index (Phi) is 4.32. The Balaban J connectivity index is 1.54. The third-order valence-electron chi connectivity index (χ3n) is 4.93. The summed E-state index contributed by atoms with van der Waals surface area (Å²) in [5.74, 6) is 1.05. The molecule has 8 heteroatoms. The quantitative estimate of drug-likeness (QED) is 0.826. The van der Waals surface area contributed by atoms with Gasteiger partial charge in [0.1, 0.15) is 13.2 Å². The van der Waals surface area contributed by atoms with E-state index in [2.05, 4.69) is 10.1 Å². The van der Waals surface area contributed by atoms with Crippen molar-refractivity contribution in [2.45, 2.75) is 18.8 Å². The first kappa shape index (κ1) is 16.6. The molecule has 0 N–H and O–H groups in total. The maximum atomic E-state index is 12.7. The molecule has 2 saturated heterocycles. The molecule has 4 rings (SSSR count). The molecule has 0 aliphatic carbocycles. The fraction of sp³-hybridized carbons (Fsp3) is 0.444. The molecule has 2 aromatic rings. The zero-order chi connectivity index (χ0) is 18.1. The van der Waals surface area contributed by atoms with Crippen LogP contribution < -0.4 is 0 Å². The van der Waals surface area contributed by atoms with Crippen molar-refractivity contribution in [1.29, 1.82) is 0 Å². The van der Waals surface area contributed by atoms with Gasteiger partial charge in [-0.2, -0.15) is 4.98 Å². The molecule has 0 saturated carbocycles. The number of likely N-dealkylation sites (tertiary alicyclic amines) is 1. The summed E-state index contributed by atoms with van der Waals surface area (Å²) in [5, 5.41) is 3.89. The maximum absolute atomic E-state index is 12.7. The largest absolute Gasteiger partial charge is 0.448 e. The van der Waals surface area contributed by atoms with Gasteiger partial charge in [-0.15, -0.1) is 0 Å². The summed E-state index contributed by atoms with van der Waals surface area (Å²) in [6, 6.07) is 10.0. The van der Waals surface area contributed by atoms with Crippen LogP contribution in [0.4, 0.5) is 4.79 Å². The van der Waals surface area contributed by atoms with E-state index in [9.17, 15) is 9.59 Å². The number of nitrogens with zero attached hydrogens (tertiary/aromatic N) is 4. The average molecular weight is 356 g/mol. The number of rotatable bonds is 4. The Morgan fingerprint density at radius 1 is 1.23 bits per heavy atom. The van der Waals surface area contributed by atoms with E-state index < -0.39 is 6.09 Å². The molecule has 2 aliphatic heterocycles. The van der Waals surface area contributed by atoms with Crippen LogP contribution in [0.3, 0.4) is 0 Å². The first-order valence-corrected chi connectivity index (χ1v) is 8.66. The van der Waals surface area contributed by atoms with E-state index >= 15 is 0 Å². The van der Waals surface area contributed by atoms with Crippen molar-refractivity contribution in [3.8, 4) is 0 Å². The van der Waals surface area contributed by atoms with Crippen LogP contribution in [0.5, 0.6) is 0 Å². The predicted molar refractivity (Wildman–Crippen MR) is 90.5 cm³/mol. The van der Waals surface area contributed by atoms with Gasteiger partial charge in [0.15, 0.2) is 5.82 Å². The fourth-order valence-corrected chi connectivity index (χ4v) is 3.59.